The molecule has 0 aromatic carbocycles. The molecule has 5 heterocycles. The van der Waals surface area contributed by atoms with Gasteiger partial charge in [-0.05, 0) is 56.9 Å². The van der Waals surface area contributed by atoms with Crippen molar-refractivity contribution in [2.75, 3.05) is 19.6 Å². The summed E-state index contributed by atoms with van der Waals surface area (Å²) in [6.45, 7) is 8.06. The highest BCUT2D eigenvalue weighted by molar-refractivity contribution is 5.77. The summed E-state index contributed by atoms with van der Waals surface area (Å²) in [7, 11) is 0. The largest absolute Gasteiger partial charge is 0.455 e. The molecule has 3 saturated heterocycles. The summed E-state index contributed by atoms with van der Waals surface area (Å²) in [6.07, 6.45) is 5.71. The highest BCUT2D eigenvalue weighted by atomic mass is 16.7. The lowest BCUT2D eigenvalue weighted by atomic mass is 9.55. The lowest BCUT2D eigenvalue weighted by Gasteiger charge is -2.50. The number of epoxide rings is 1. The van der Waals surface area contributed by atoms with Gasteiger partial charge in [-0.15, -0.1) is 0 Å². The number of likely N-dealkylation sites (tertiary alicyclic amines) is 1. The quantitative estimate of drug-likeness (QED) is 0.525. The van der Waals surface area contributed by atoms with E-state index in [-0.39, 0.29) is 35.1 Å². The first kappa shape index (κ1) is 19.8. The zero-order chi connectivity index (χ0) is 21.8. The Morgan fingerprint density at radius 1 is 1.09 bits per heavy atom. The van der Waals surface area contributed by atoms with Gasteiger partial charge in [0.05, 0.1) is 11.5 Å². The maximum absolute atomic E-state index is 13.4. The average molecular weight is 439 g/mol. The molecule has 6 aliphatic rings. The average Bonchev–Trinajstić information content (AvgIpc) is 3.39. The smallest absolute Gasteiger partial charge is 0.311 e. The van der Waals surface area contributed by atoms with Gasteiger partial charge < -0.3 is 18.9 Å². The number of nitrogens with zero attached hydrogens (tertiary/aromatic N) is 2. The predicted molar refractivity (Wildman–Crippen MR) is 118 cm³/mol. The number of hydrogen-bond acceptors (Lipinski definition) is 5. The van der Waals surface area contributed by atoms with Crippen LogP contribution < -0.4 is 5.56 Å². The molecule has 1 spiro atoms. The second-order valence-electron chi connectivity index (χ2n) is 11.9. The van der Waals surface area contributed by atoms with Crippen LogP contribution in [-0.4, -0.2) is 52.4 Å². The molecule has 32 heavy (non-hydrogen) atoms. The Morgan fingerprint density at radius 3 is 2.84 bits per heavy atom. The topological polar surface area (TPSA) is 64.1 Å². The molecule has 7 rings (SSSR count). The molecule has 2 saturated carbocycles. The molecule has 6 heteroatoms. The van der Waals surface area contributed by atoms with Crippen molar-refractivity contribution in [3.63, 3.8) is 0 Å². The lowest BCUT2D eigenvalue weighted by Crippen LogP contribution is -2.58. The highest BCUT2D eigenvalue weighted by Crippen LogP contribution is 2.66. The first-order valence-corrected chi connectivity index (χ1v) is 12.7. The zero-order valence-electron chi connectivity index (χ0n) is 19.2. The molecular formula is C26H34N2O4. The first-order valence-electron chi connectivity index (χ1n) is 12.7. The molecule has 172 valence electrons. The van der Waals surface area contributed by atoms with Crippen LogP contribution in [0, 0.1) is 29.6 Å². The van der Waals surface area contributed by atoms with Crippen LogP contribution in [-0.2, 0) is 20.8 Å². The summed E-state index contributed by atoms with van der Waals surface area (Å²) in [5.74, 6) is 2.14. The van der Waals surface area contributed by atoms with Gasteiger partial charge in [-0.3, -0.25) is 9.59 Å². The van der Waals surface area contributed by atoms with E-state index in [9.17, 15) is 9.59 Å². The second-order valence-corrected chi connectivity index (χ2v) is 11.9. The molecule has 1 aromatic rings. The third-order valence-electron chi connectivity index (χ3n) is 10.1. The number of fused-ring (bicyclic) bond motifs is 5. The number of carbonyl (C=O) groups excluding carboxylic acids is 1. The Labute approximate surface area is 189 Å². The Kier molecular flexibility index (Phi) is 4.00. The van der Waals surface area contributed by atoms with Crippen molar-refractivity contribution < 1.29 is 14.3 Å². The SMILES string of the molecule is C[C@H]1CC[C@@H]2[C@@H](CN3C[C@@H]4C[C@@H](C3)c3cccc(=O)n3C4)C(=O)O[C@@]23[C@H]1CC[C@]1(C)O[C@@H]31. The van der Waals surface area contributed by atoms with Crippen LogP contribution in [0.25, 0.3) is 0 Å². The van der Waals surface area contributed by atoms with Gasteiger partial charge in [0, 0.05) is 55.7 Å². The minimum atomic E-state index is -0.391. The number of ether oxygens (including phenoxy) is 2. The summed E-state index contributed by atoms with van der Waals surface area (Å²) in [5, 5.41) is 0. The van der Waals surface area contributed by atoms with Gasteiger partial charge in [0.2, 0.25) is 0 Å². The van der Waals surface area contributed by atoms with Crippen molar-refractivity contribution in [2.45, 2.75) is 75.7 Å². The molecule has 0 radical (unpaired) electrons. The minimum Gasteiger partial charge on any atom is -0.455 e. The van der Waals surface area contributed by atoms with Crippen molar-refractivity contribution in [1.29, 1.82) is 0 Å². The summed E-state index contributed by atoms with van der Waals surface area (Å²) in [5.41, 5.74) is 0.821. The molecule has 5 fully saturated rings. The number of pyridine rings is 1. The summed E-state index contributed by atoms with van der Waals surface area (Å²) in [6, 6.07) is 5.68. The van der Waals surface area contributed by atoms with Crippen LogP contribution >= 0.6 is 0 Å². The van der Waals surface area contributed by atoms with Gasteiger partial charge in [-0.25, -0.2) is 0 Å². The molecule has 6 nitrogen and oxygen atoms in total. The first-order chi connectivity index (χ1) is 15.4. The molecule has 4 aliphatic heterocycles. The molecule has 0 unspecified atom stereocenters. The standard InChI is InChI=1S/C26H34N2O4/c1-15-6-7-20-18(23(30)31-26(20)19(15)8-9-25(2)24(26)32-25)14-27-11-16-10-17(13-27)21-4-3-5-22(29)28(21)12-16/h3-5,15-20,24H,6-14H2,1-2H3/t15-,16-,17-,18+,19-,20+,24+,25-,26-/m0/s1. The van der Waals surface area contributed by atoms with Crippen LogP contribution in [0.3, 0.4) is 0 Å². The van der Waals surface area contributed by atoms with Gasteiger partial charge >= 0.3 is 5.97 Å². The number of rotatable bonds is 2. The number of piperidine rings is 1. The van der Waals surface area contributed by atoms with E-state index >= 15 is 0 Å². The normalized spacial score (nSPS) is 48.8. The summed E-state index contributed by atoms with van der Waals surface area (Å²) in [4.78, 5) is 28.2. The fourth-order valence-electron chi connectivity index (χ4n) is 8.68. The second kappa shape index (κ2) is 6.47. The van der Waals surface area contributed by atoms with Crippen LogP contribution in [0.15, 0.2) is 23.0 Å². The van der Waals surface area contributed by atoms with Gasteiger partial charge in [-0.2, -0.15) is 0 Å². The van der Waals surface area contributed by atoms with E-state index in [0.29, 0.717) is 23.7 Å². The molecule has 2 bridgehead atoms. The van der Waals surface area contributed by atoms with Crippen molar-refractivity contribution >= 4 is 5.97 Å². The molecule has 0 amide bonds. The van der Waals surface area contributed by atoms with Crippen LogP contribution in [0.1, 0.15) is 57.6 Å². The monoisotopic (exact) mass is 438 g/mol. The summed E-state index contributed by atoms with van der Waals surface area (Å²) >= 11 is 0. The van der Waals surface area contributed by atoms with Crippen LogP contribution in [0.4, 0.5) is 0 Å². The Bertz CT molecular complexity index is 1040. The van der Waals surface area contributed by atoms with Gasteiger partial charge in [0.25, 0.3) is 5.56 Å². The maximum Gasteiger partial charge on any atom is 0.311 e. The number of hydrogen-bond donors (Lipinski definition) is 0. The number of esters is 1. The van der Waals surface area contributed by atoms with E-state index in [1.165, 1.54) is 12.1 Å². The van der Waals surface area contributed by atoms with Crippen molar-refractivity contribution in [3.05, 3.63) is 34.2 Å². The van der Waals surface area contributed by atoms with E-state index in [1.807, 2.05) is 10.6 Å². The maximum atomic E-state index is 13.4. The highest BCUT2D eigenvalue weighted by Gasteiger charge is 2.77. The zero-order valence-corrected chi connectivity index (χ0v) is 19.2. The number of aromatic nitrogens is 1. The predicted octanol–water partition coefficient (Wildman–Crippen LogP) is 2.79. The third kappa shape index (κ3) is 2.54. The Morgan fingerprint density at radius 2 is 1.97 bits per heavy atom. The van der Waals surface area contributed by atoms with Crippen LogP contribution in [0.5, 0.6) is 0 Å². The molecule has 2 aliphatic carbocycles. The van der Waals surface area contributed by atoms with Gasteiger partial charge in [-0.1, -0.05) is 13.0 Å². The minimum absolute atomic E-state index is 0.0150. The van der Waals surface area contributed by atoms with Crippen molar-refractivity contribution in [1.82, 2.24) is 9.47 Å². The van der Waals surface area contributed by atoms with Crippen molar-refractivity contribution in [2.24, 2.45) is 29.6 Å². The van der Waals surface area contributed by atoms with E-state index < -0.39 is 5.60 Å². The van der Waals surface area contributed by atoms with E-state index in [2.05, 4.69) is 24.8 Å². The molecule has 1 aromatic heterocycles. The Hall–Kier alpha value is -1.66. The van der Waals surface area contributed by atoms with Crippen molar-refractivity contribution in [3.8, 4) is 0 Å². The number of carbonyl (C=O) groups is 1. The van der Waals surface area contributed by atoms with Gasteiger partial charge in [0.15, 0.2) is 0 Å². The van der Waals surface area contributed by atoms with E-state index in [1.54, 1.807) is 6.07 Å². The lowest BCUT2D eigenvalue weighted by molar-refractivity contribution is -0.168. The van der Waals surface area contributed by atoms with Gasteiger partial charge in [0.1, 0.15) is 11.7 Å². The molecule has 9 atom stereocenters. The Balaban J connectivity index is 1.16. The molecular weight excluding hydrogens is 404 g/mol. The molecule has 0 N–H and O–H groups in total. The fourth-order valence-corrected chi connectivity index (χ4v) is 8.68. The van der Waals surface area contributed by atoms with E-state index in [4.69, 9.17) is 9.47 Å². The van der Waals surface area contributed by atoms with Crippen LogP contribution in [0.2, 0.25) is 0 Å². The fraction of sp³-hybridized carbons (Fsp3) is 0.769. The summed E-state index contributed by atoms with van der Waals surface area (Å²) < 4.78 is 14.7. The van der Waals surface area contributed by atoms with E-state index in [0.717, 1.165) is 51.9 Å². The third-order valence-corrected chi connectivity index (χ3v) is 10.1.